The van der Waals surface area contributed by atoms with Crippen molar-refractivity contribution in [2.75, 3.05) is 6.54 Å². The van der Waals surface area contributed by atoms with Gasteiger partial charge < -0.3 is 9.09 Å². The molecule has 0 aromatic carbocycles. The van der Waals surface area contributed by atoms with Gasteiger partial charge in [0.2, 0.25) is 5.89 Å². The maximum Gasteiger partial charge on any atom is 0.262 e. The van der Waals surface area contributed by atoms with Gasteiger partial charge in [-0.1, -0.05) is 5.16 Å². The van der Waals surface area contributed by atoms with Gasteiger partial charge in [-0.15, -0.1) is 0 Å². The Morgan fingerprint density at radius 2 is 2.25 bits per heavy atom. The standard InChI is InChI=1S/C11H15N5O3S/c1-8-13-11(14-19-8)9-4-3-5-16(9)20(17,18)10-6-15(2)7-12-10/h6-7,9H,3-5H2,1-2H3/t9-/m0/s1. The van der Waals surface area contributed by atoms with Crippen LogP contribution >= 0.6 is 0 Å². The lowest BCUT2D eigenvalue weighted by Crippen LogP contribution is -2.31. The SMILES string of the molecule is Cc1nc([C@@H]2CCCN2S(=O)(=O)c2cn(C)cn2)no1. The molecular weight excluding hydrogens is 282 g/mol. The predicted molar refractivity (Wildman–Crippen MR) is 68.1 cm³/mol. The van der Waals surface area contributed by atoms with E-state index in [0.29, 0.717) is 24.7 Å². The minimum absolute atomic E-state index is 0.0483. The van der Waals surface area contributed by atoms with E-state index >= 15 is 0 Å². The maximum atomic E-state index is 12.6. The molecule has 108 valence electrons. The van der Waals surface area contributed by atoms with Crippen LogP contribution in [0.5, 0.6) is 0 Å². The van der Waals surface area contributed by atoms with E-state index in [-0.39, 0.29) is 11.1 Å². The molecule has 0 radical (unpaired) electrons. The van der Waals surface area contributed by atoms with E-state index in [1.165, 1.54) is 16.8 Å². The second kappa shape index (κ2) is 4.67. The number of sulfonamides is 1. The lowest BCUT2D eigenvalue weighted by Gasteiger charge is -2.20. The fourth-order valence-corrected chi connectivity index (χ4v) is 4.00. The summed E-state index contributed by atoms with van der Waals surface area (Å²) >= 11 is 0. The number of hydrogen-bond acceptors (Lipinski definition) is 6. The van der Waals surface area contributed by atoms with E-state index in [1.807, 2.05) is 0 Å². The summed E-state index contributed by atoms with van der Waals surface area (Å²) in [5.41, 5.74) is 0. The van der Waals surface area contributed by atoms with Crippen molar-refractivity contribution >= 4 is 10.0 Å². The van der Waals surface area contributed by atoms with Crippen LogP contribution in [0.25, 0.3) is 0 Å². The highest BCUT2D eigenvalue weighted by Crippen LogP contribution is 2.34. The average Bonchev–Trinajstić information content (AvgIpc) is 3.07. The Bertz CT molecular complexity index is 720. The van der Waals surface area contributed by atoms with Crippen molar-refractivity contribution in [1.82, 2.24) is 24.0 Å². The third kappa shape index (κ3) is 2.12. The number of nitrogens with zero attached hydrogens (tertiary/aromatic N) is 5. The van der Waals surface area contributed by atoms with Crippen LogP contribution in [-0.4, -0.2) is 39.0 Å². The highest BCUT2D eigenvalue weighted by Gasteiger charge is 2.39. The zero-order chi connectivity index (χ0) is 14.3. The molecular formula is C11H15N5O3S. The second-order valence-corrected chi connectivity index (χ2v) is 6.66. The van der Waals surface area contributed by atoms with Crippen molar-refractivity contribution in [2.45, 2.75) is 30.8 Å². The van der Waals surface area contributed by atoms with Gasteiger partial charge in [0.25, 0.3) is 10.0 Å². The first-order valence-electron chi connectivity index (χ1n) is 6.28. The number of aryl methyl sites for hydroxylation is 2. The highest BCUT2D eigenvalue weighted by atomic mass is 32.2. The molecule has 20 heavy (non-hydrogen) atoms. The molecule has 0 spiro atoms. The van der Waals surface area contributed by atoms with Crippen LogP contribution in [0.15, 0.2) is 22.1 Å². The van der Waals surface area contributed by atoms with Gasteiger partial charge in [-0.3, -0.25) is 0 Å². The zero-order valence-electron chi connectivity index (χ0n) is 11.2. The summed E-state index contributed by atoms with van der Waals surface area (Å²) in [5, 5.41) is 3.89. The van der Waals surface area contributed by atoms with Crippen LogP contribution in [0.3, 0.4) is 0 Å². The second-order valence-electron chi connectivity index (χ2n) is 4.82. The van der Waals surface area contributed by atoms with Gasteiger partial charge in [-0.2, -0.15) is 9.29 Å². The van der Waals surface area contributed by atoms with Gasteiger partial charge in [-0.05, 0) is 12.8 Å². The lowest BCUT2D eigenvalue weighted by atomic mass is 10.2. The summed E-state index contributed by atoms with van der Waals surface area (Å²) in [6.07, 6.45) is 4.41. The van der Waals surface area contributed by atoms with Gasteiger partial charge in [0.05, 0.1) is 12.4 Å². The van der Waals surface area contributed by atoms with Crippen LogP contribution in [0.1, 0.15) is 30.6 Å². The van der Waals surface area contributed by atoms with Crippen LogP contribution in [0.4, 0.5) is 0 Å². The van der Waals surface area contributed by atoms with Crippen LogP contribution in [0.2, 0.25) is 0 Å². The quantitative estimate of drug-likeness (QED) is 0.825. The topological polar surface area (TPSA) is 94.1 Å². The Labute approximate surface area is 116 Å². The van der Waals surface area contributed by atoms with E-state index in [0.717, 1.165) is 6.42 Å². The van der Waals surface area contributed by atoms with Crippen LogP contribution < -0.4 is 0 Å². The van der Waals surface area contributed by atoms with Crippen molar-refractivity contribution in [1.29, 1.82) is 0 Å². The molecule has 1 fully saturated rings. The smallest absolute Gasteiger partial charge is 0.262 e. The number of hydrogen-bond donors (Lipinski definition) is 0. The van der Waals surface area contributed by atoms with Crippen LogP contribution in [0, 0.1) is 6.92 Å². The third-order valence-electron chi connectivity index (χ3n) is 3.30. The Morgan fingerprint density at radius 1 is 1.45 bits per heavy atom. The summed E-state index contributed by atoms with van der Waals surface area (Å²) in [5.74, 6) is 0.849. The van der Waals surface area contributed by atoms with Crippen molar-refractivity contribution in [3.8, 4) is 0 Å². The molecule has 0 saturated carbocycles. The first-order valence-corrected chi connectivity index (χ1v) is 7.72. The molecule has 8 nitrogen and oxygen atoms in total. The minimum Gasteiger partial charge on any atom is -0.340 e. The molecule has 0 amide bonds. The number of imidazole rings is 1. The van der Waals surface area contributed by atoms with Gasteiger partial charge in [0.1, 0.15) is 0 Å². The highest BCUT2D eigenvalue weighted by molar-refractivity contribution is 7.89. The molecule has 2 aromatic rings. The summed E-state index contributed by atoms with van der Waals surface area (Å²) in [6.45, 7) is 2.13. The largest absolute Gasteiger partial charge is 0.340 e. The van der Waals surface area contributed by atoms with Gasteiger partial charge in [0.15, 0.2) is 10.9 Å². The van der Waals surface area contributed by atoms with Gasteiger partial charge in [-0.25, -0.2) is 13.4 Å². The molecule has 0 N–H and O–H groups in total. The van der Waals surface area contributed by atoms with Crippen LogP contribution in [-0.2, 0) is 17.1 Å². The van der Waals surface area contributed by atoms with Crippen molar-refractivity contribution < 1.29 is 12.9 Å². The Morgan fingerprint density at radius 3 is 2.85 bits per heavy atom. The molecule has 1 atom stereocenters. The lowest BCUT2D eigenvalue weighted by molar-refractivity contribution is 0.348. The summed E-state index contributed by atoms with van der Waals surface area (Å²) < 4.78 is 33.2. The Hall–Kier alpha value is -1.74. The van der Waals surface area contributed by atoms with E-state index < -0.39 is 10.0 Å². The Kier molecular flexibility index (Phi) is 3.09. The molecule has 1 saturated heterocycles. The Balaban J connectivity index is 1.96. The van der Waals surface area contributed by atoms with Crippen molar-refractivity contribution in [2.24, 2.45) is 7.05 Å². The molecule has 3 heterocycles. The fraction of sp³-hybridized carbons (Fsp3) is 0.545. The molecule has 2 aromatic heterocycles. The zero-order valence-corrected chi connectivity index (χ0v) is 12.0. The monoisotopic (exact) mass is 297 g/mol. The number of rotatable bonds is 3. The van der Waals surface area contributed by atoms with Crippen molar-refractivity contribution in [3.63, 3.8) is 0 Å². The first-order chi connectivity index (χ1) is 9.48. The number of aromatic nitrogens is 4. The van der Waals surface area contributed by atoms with E-state index in [9.17, 15) is 8.42 Å². The molecule has 3 rings (SSSR count). The minimum atomic E-state index is -3.63. The third-order valence-corrected chi connectivity index (χ3v) is 5.09. The van der Waals surface area contributed by atoms with E-state index in [2.05, 4.69) is 15.1 Å². The predicted octanol–water partition coefficient (Wildman–Crippen LogP) is 0.637. The maximum absolute atomic E-state index is 12.6. The molecule has 0 bridgehead atoms. The molecule has 0 unspecified atom stereocenters. The molecule has 1 aliphatic rings. The normalized spacial score (nSPS) is 20.6. The van der Waals surface area contributed by atoms with E-state index in [1.54, 1.807) is 18.5 Å². The molecule has 1 aliphatic heterocycles. The van der Waals surface area contributed by atoms with Gasteiger partial charge in [0, 0.05) is 26.7 Å². The molecule has 0 aliphatic carbocycles. The molecule has 9 heteroatoms. The average molecular weight is 297 g/mol. The fourth-order valence-electron chi connectivity index (χ4n) is 2.38. The first kappa shape index (κ1) is 13.3. The van der Waals surface area contributed by atoms with E-state index in [4.69, 9.17) is 4.52 Å². The van der Waals surface area contributed by atoms with Crippen molar-refractivity contribution in [3.05, 3.63) is 24.2 Å². The van der Waals surface area contributed by atoms with Gasteiger partial charge >= 0.3 is 0 Å². The summed E-state index contributed by atoms with van der Waals surface area (Å²) in [6, 6.07) is -0.376. The summed E-state index contributed by atoms with van der Waals surface area (Å²) in [4.78, 5) is 8.08. The summed E-state index contributed by atoms with van der Waals surface area (Å²) in [7, 11) is -1.89.